The van der Waals surface area contributed by atoms with E-state index in [-0.39, 0.29) is 5.69 Å². The summed E-state index contributed by atoms with van der Waals surface area (Å²) >= 11 is 8.01. The van der Waals surface area contributed by atoms with Crippen molar-refractivity contribution >= 4 is 40.2 Å². The van der Waals surface area contributed by atoms with E-state index < -0.39 is 5.97 Å². The molecule has 0 saturated carbocycles. The summed E-state index contributed by atoms with van der Waals surface area (Å²) in [6.07, 6.45) is 1.72. The Morgan fingerprint density at radius 2 is 2.17 bits per heavy atom. The van der Waals surface area contributed by atoms with Gasteiger partial charge >= 0.3 is 5.97 Å². The minimum Gasteiger partial charge on any atom is -0.495 e. The number of carbonyl (C=O) groups is 1. The molecule has 2 aromatic rings. The number of hydrogen-bond donors (Lipinski definition) is 1. The van der Waals surface area contributed by atoms with Crippen LogP contribution in [0, 0.1) is 3.57 Å². The first-order valence-electron chi connectivity index (χ1n) is 4.98. The number of aromatic nitrogens is 1. The van der Waals surface area contributed by atoms with Crippen molar-refractivity contribution in [2.24, 2.45) is 0 Å². The Balaban J connectivity index is 2.68. The molecule has 1 N–H and O–H groups in total. The number of hydrogen-bond acceptors (Lipinski definition) is 2. The summed E-state index contributed by atoms with van der Waals surface area (Å²) in [4.78, 5) is 11.2. The van der Waals surface area contributed by atoms with E-state index in [0.717, 1.165) is 3.57 Å². The summed E-state index contributed by atoms with van der Waals surface area (Å²) in [7, 11) is 1.53. The summed E-state index contributed by atoms with van der Waals surface area (Å²) in [6, 6.07) is 6.65. The molecule has 18 heavy (non-hydrogen) atoms. The molecule has 0 aliphatic heterocycles. The Morgan fingerprint density at radius 3 is 2.78 bits per heavy atom. The Kier molecular flexibility index (Phi) is 3.82. The first-order valence-corrected chi connectivity index (χ1v) is 6.43. The van der Waals surface area contributed by atoms with Gasteiger partial charge in [0.25, 0.3) is 0 Å². The van der Waals surface area contributed by atoms with Gasteiger partial charge in [-0.2, -0.15) is 0 Å². The third kappa shape index (κ3) is 2.46. The quantitative estimate of drug-likeness (QED) is 0.834. The van der Waals surface area contributed by atoms with Crippen molar-refractivity contribution in [3.63, 3.8) is 0 Å². The number of rotatable bonds is 3. The zero-order valence-corrected chi connectivity index (χ0v) is 12.3. The monoisotopic (exact) mass is 377 g/mol. The fourth-order valence-corrected chi connectivity index (χ4v) is 2.39. The predicted molar refractivity (Wildman–Crippen MR) is 77.0 cm³/mol. The lowest BCUT2D eigenvalue weighted by Gasteiger charge is -2.11. The van der Waals surface area contributed by atoms with E-state index in [9.17, 15) is 9.90 Å². The smallest absolute Gasteiger partial charge is 0.352 e. The van der Waals surface area contributed by atoms with Crippen LogP contribution < -0.4 is 4.74 Å². The molecule has 0 atom stereocenters. The van der Waals surface area contributed by atoms with Crippen LogP contribution in [0.25, 0.3) is 5.69 Å². The van der Waals surface area contributed by atoms with Crippen LogP contribution in [0.2, 0.25) is 5.02 Å². The van der Waals surface area contributed by atoms with Crippen molar-refractivity contribution in [3.05, 3.63) is 44.7 Å². The third-order valence-electron chi connectivity index (χ3n) is 2.41. The van der Waals surface area contributed by atoms with Crippen LogP contribution in [0.4, 0.5) is 0 Å². The fourth-order valence-electron chi connectivity index (χ4n) is 1.65. The molecule has 94 valence electrons. The molecule has 0 unspecified atom stereocenters. The second kappa shape index (κ2) is 5.19. The van der Waals surface area contributed by atoms with Crippen LogP contribution in [0.15, 0.2) is 30.5 Å². The van der Waals surface area contributed by atoms with E-state index in [1.165, 1.54) is 7.11 Å². The van der Waals surface area contributed by atoms with Crippen LogP contribution in [0.5, 0.6) is 5.75 Å². The van der Waals surface area contributed by atoms with Gasteiger partial charge in [0.2, 0.25) is 0 Å². The highest BCUT2D eigenvalue weighted by Gasteiger charge is 2.16. The maximum atomic E-state index is 11.2. The van der Waals surface area contributed by atoms with Crippen LogP contribution in [0.3, 0.4) is 0 Å². The van der Waals surface area contributed by atoms with Crippen molar-refractivity contribution < 1.29 is 14.6 Å². The van der Waals surface area contributed by atoms with E-state index in [4.69, 9.17) is 16.3 Å². The van der Waals surface area contributed by atoms with Gasteiger partial charge in [-0.05, 0) is 46.9 Å². The molecular weight excluding hydrogens is 368 g/mol. The van der Waals surface area contributed by atoms with Gasteiger partial charge in [-0.1, -0.05) is 11.6 Å². The Bertz CT molecular complexity index is 609. The van der Waals surface area contributed by atoms with Crippen LogP contribution in [-0.4, -0.2) is 22.8 Å². The number of nitrogens with zero attached hydrogens (tertiary/aromatic N) is 1. The van der Waals surface area contributed by atoms with Gasteiger partial charge in [-0.3, -0.25) is 0 Å². The molecule has 0 bridgehead atoms. The molecule has 0 fully saturated rings. The van der Waals surface area contributed by atoms with Crippen LogP contribution >= 0.6 is 34.2 Å². The summed E-state index contributed by atoms with van der Waals surface area (Å²) in [6.45, 7) is 0. The largest absolute Gasteiger partial charge is 0.495 e. The van der Waals surface area contributed by atoms with Crippen molar-refractivity contribution in [1.82, 2.24) is 4.57 Å². The molecule has 1 aromatic heterocycles. The standard InChI is InChI=1S/C12H9ClINO3/c1-18-11-3-2-7(13)4-9(11)15-6-8(14)5-10(15)12(16)17/h2-6H,1H3,(H,16,17). The highest BCUT2D eigenvalue weighted by atomic mass is 127. The minimum absolute atomic E-state index is 0.167. The number of aromatic carboxylic acids is 1. The van der Waals surface area contributed by atoms with E-state index in [1.807, 2.05) is 0 Å². The normalized spacial score (nSPS) is 10.4. The molecule has 0 aliphatic carbocycles. The maximum absolute atomic E-state index is 11.2. The van der Waals surface area contributed by atoms with Gasteiger partial charge in [0.1, 0.15) is 11.4 Å². The van der Waals surface area contributed by atoms with E-state index >= 15 is 0 Å². The van der Waals surface area contributed by atoms with Gasteiger partial charge in [0.05, 0.1) is 12.8 Å². The van der Waals surface area contributed by atoms with E-state index in [0.29, 0.717) is 16.5 Å². The number of carboxylic acids is 1. The zero-order chi connectivity index (χ0) is 13.3. The molecule has 0 saturated heterocycles. The first-order chi connectivity index (χ1) is 8.52. The second-order valence-corrected chi connectivity index (χ2v) is 5.22. The molecular formula is C12H9ClINO3. The lowest BCUT2D eigenvalue weighted by molar-refractivity contribution is 0.0688. The molecule has 0 radical (unpaired) electrons. The van der Waals surface area contributed by atoms with Crippen molar-refractivity contribution in [2.45, 2.75) is 0 Å². The molecule has 6 heteroatoms. The van der Waals surface area contributed by atoms with Gasteiger partial charge in [-0.15, -0.1) is 0 Å². The van der Waals surface area contributed by atoms with Gasteiger partial charge < -0.3 is 14.4 Å². The Hall–Kier alpha value is -1.21. The first kappa shape index (κ1) is 13.2. The average molecular weight is 378 g/mol. The lowest BCUT2D eigenvalue weighted by Crippen LogP contribution is -2.06. The molecule has 0 spiro atoms. The lowest BCUT2D eigenvalue weighted by atomic mass is 10.2. The van der Waals surface area contributed by atoms with Crippen LogP contribution in [-0.2, 0) is 0 Å². The molecule has 4 nitrogen and oxygen atoms in total. The number of ether oxygens (including phenoxy) is 1. The SMILES string of the molecule is COc1ccc(Cl)cc1-n1cc(I)cc1C(=O)O. The van der Waals surface area contributed by atoms with E-state index in [1.54, 1.807) is 35.0 Å². The van der Waals surface area contributed by atoms with Crippen molar-refractivity contribution in [1.29, 1.82) is 0 Å². The average Bonchev–Trinajstić information content (AvgIpc) is 2.71. The number of halogens is 2. The Labute approximate surface area is 122 Å². The van der Waals surface area contributed by atoms with Crippen molar-refractivity contribution in [3.8, 4) is 11.4 Å². The number of carboxylic acid groups (broad SMARTS) is 1. The zero-order valence-electron chi connectivity index (χ0n) is 9.35. The molecule has 1 heterocycles. The topological polar surface area (TPSA) is 51.5 Å². The summed E-state index contributed by atoms with van der Waals surface area (Å²) in [5, 5.41) is 9.69. The van der Waals surface area contributed by atoms with Gasteiger partial charge in [0, 0.05) is 14.8 Å². The summed E-state index contributed by atoms with van der Waals surface area (Å²) in [5.74, 6) is -0.436. The predicted octanol–water partition coefficient (Wildman–Crippen LogP) is 3.44. The van der Waals surface area contributed by atoms with Gasteiger partial charge in [0.15, 0.2) is 0 Å². The molecule has 1 aromatic carbocycles. The number of benzene rings is 1. The number of methoxy groups -OCH3 is 1. The summed E-state index contributed by atoms with van der Waals surface area (Å²) in [5.41, 5.74) is 0.769. The Morgan fingerprint density at radius 1 is 1.44 bits per heavy atom. The van der Waals surface area contributed by atoms with Crippen molar-refractivity contribution in [2.75, 3.05) is 7.11 Å². The minimum atomic E-state index is -1.00. The molecule has 2 rings (SSSR count). The van der Waals surface area contributed by atoms with E-state index in [2.05, 4.69) is 22.6 Å². The second-order valence-electron chi connectivity index (χ2n) is 3.53. The maximum Gasteiger partial charge on any atom is 0.352 e. The van der Waals surface area contributed by atoms with Gasteiger partial charge in [-0.25, -0.2) is 4.79 Å². The fraction of sp³-hybridized carbons (Fsp3) is 0.0833. The van der Waals surface area contributed by atoms with Crippen LogP contribution in [0.1, 0.15) is 10.5 Å². The highest BCUT2D eigenvalue weighted by Crippen LogP contribution is 2.28. The molecule has 0 aliphatic rings. The molecule has 0 amide bonds. The summed E-state index contributed by atoms with van der Waals surface area (Å²) < 4.78 is 7.60. The third-order valence-corrected chi connectivity index (χ3v) is 3.23. The highest BCUT2D eigenvalue weighted by molar-refractivity contribution is 14.1.